The van der Waals surface area contributed by atoms with Crippen LogP contribution in [0.3, 0.4) is 0 Å². The second kappa shape index (κ2) is 4.80. The highest BCUT2D eigenvalue weighted by Gasteiger charge is 2.34. The van der Waals surface area contributed by atoms with Gasteiger partial charge in [0, 0.05) is 4.90 Å². The molecular weight excluding hydrogens is 258 g/mol. The number of fused-ring (bicyclic) bond motifs is 1. The van der Waals surface area contributed by atoms with E-state index in [0.29, 0.717) is 0 Å². The number of carbonyl (C=O) groups excluding carboxylic acids is 1. The fourth-order valence-electron chi connectivity index (χ4n) is 1.74. The van der Waals surface area contributed by atoms with Gasteiger partial charge in [-0.05, 0) is 18.6 Å². The Bertz CT molecular complexity index is 527. The topological polar surface area (TPSA) is 63.2 Å². The van der Waals surface area contributed by atoms with Crippen LogP contribution < -0.4 is 4.72 Å². The molecule has 0 saturated carbocycles. The van der Waals surface area contributed by atoms with E-state index in [4.69, 9.17) is 0 Å². The predicted octanol–water partition coefficient (Wildman–Crippen LogP) is 1.34. The Kier molecular flexibility index (Phi) is 3.56. The van der Waals surface area contributed by atoms with E-state index < -0.39 is 21.3 Å². The number of aldehydes is 1. The highest BCUT2D eigenvalue weighted by Crippen LogP contribution is 2.43. The van der Waals surface area contributed by atoms with Gasteiger partial charge in [-0.2, -0.15) is 0 Å². The number of rotatable bonds is 4. The first-order chi connectivity index (χ1) is 8.07. The maximum atomic E-state index is 11.5. The third kappa shape index (κ3) is 2.53. The van der Waals surface area contributed by atoms with Crippen LogP contribution in [0, 0.1) is 0 Å². The number of carbonyl (C=O) groups is 1. The van der Waals surface area contributed by atoms with Crippen LogP contribution in [0.4, 0.5) is 0 Å². The van der Waals surface area contributed by atoms with E-state index in [9.17, 15) is 13.2 Å². The summed E-state index contributed by atoms with van der Waals surface area (Å²) in [5.74, 6) is -0.385. The average Bonchev–Trinajstić information content (AvgIpc) is 2.65. The Morgan fingerprint density at radius 2 is 2.12 bits per heavy atom. The summed E-state index contributed by atoms with van der Waals surface area (Å²) in [5.41, 5.74) is 0.899. The van der Waals surface area contributed by atoms with Gasteiger partial charge in [0.15, 0.2) is 0 Å². The summed E-state index contributed by atoms with van der Waals surface area (Å²) in [5, 5.41) is -0.421. The van der Waals surface area contributed by atoms with Gasteiger partial charge in [-0.15, -0.1) is 11.8 Å². The molecule has 0 amide bonds. The lowest BCUT2D eigenvalue weighted by Crippen LogP contribution is -2.36. The Balaban J connectivity index is 2.27. The lowest BCUT2D eigenvalue weighted by atomic mass is 10.0. The summed E-state index contributed by atoms with van der Waals surface area (Å²) < 4.78 is 25.6. The van der Waals surface area contributed by atoms with Crippen molar-refractivity contribution in [3.8, 4) is 0 Å². The minimum absolute atomic E-state index is 0.0198. The molecule has 0 saturated heterocycles. The third-order valence-corrected chi connectivity index (χ3v) is 5.49. The largest absolute Gasteiger partial charge is 0.303 e. The smallest absolute Gasteiger partial charge is 0.212 e. The van der Waals surface area contributed by atoms with Crippen molar-refractivity contribution in [2.75, 3.05) is 5.75 Å². The van der Waals surface area contributed by atoms with Crippen molar-refractivity contribution in [2.24, 2.45) is 0 Å². The summed E-state index contributed by atoms with van der Waals surface area (Å²) in [6, 6.07) is 7.50. The molecule has 2 unspecified atom stereocenters. The molecule has 4 nitrogen and oxygen atoms in total. The van der Waals surface area contributed by atoms with Gasteiger partial charge in [-0.1, -0.05) is 18.2 Å². The van der Waals surface area contributed by atoms with Crippen LogP contribution in [-0.4, -0.2) is 25.8 Å². The minimum Gasteiger partial charge on any atom is -0.303 e. The standard InChI is InChI=1S/C11H13NO3S2/c1-2-17(14,15)12-11-9(7-13)8-5-3-4-6-10(8)16-11/h3-7,9,11-12H,2H2,1H3. The molecule has 1 N–H and O–H groups in total. The predicted molar refractivity (Wildman–Crippen MR) is 67.5 cm³/mol. The number of thioether (sulfide) groups is 1. The molecule has 1 aliphatic heterocycles. The van der Waals surface area contributed by atoms with Gasteiger partial charge < -0.3 is 4.79 Å². The van der Waals surface area contributed by atoms with Crippen LogP contribution in [0.25, 0.3) is 0 Å². The van der Waals surface area contributed by atoms with Gasteiger partial charge in [-0.3, -0.25) is 0 Å². The first-order valence-corrected chi connectivity index (χ1v) is 7.81. The molecule has 92 valence electrons. The quantitative estimate of drug-likeness (QED) is 0.839. The number of hydrogen-bond acceptors (Lipinski definition) is 4. The van der Waals surface area contributed by atoms with Crippen LogP contribution in [0.15, 0.2) is 29.2 Å². The second-order valence-electron chi connectivity index (χ2n) is 3.76. The zero-order valence-corrected chi connectivity index (χ0v) is 10.9. The van der Waals surface area contributed by atoms with E-state index >= 15 is 0 Å². The first-order valence-electron chi connectivity index (χ1n) is 5.28. The molecule has 0 aliphatic carbocycles. The molecule has 0 radical (unpaired) electrons. The van der Waals surface area contributed by atoms with Crippen molar-refractivity contribution in [3.05, 3.63) is 29.8 Å². The Morgan fingerprint density at radius 1 is 1.41 bits per heavy atom. The first kappa shape index (κ1) is 12.6. The number of nitrogens with one attached hydrogen (secondary N) is 1. The normalized spacial score (nSPS) is 23.4. The van der Waals surface area contributed by atoms with Crippen LogP contribution in [0.2, 0.25) is 0 Å². The number of hydrogen-bond donors (Lipinski definition) is 1. The monoisotopic (exact) mass is 271 g/mol. The zero-order valence-electron chi connectivity index (χ0n) is 9.29. The lowest BCUT2D eigenvalue weighted by Gasteiger charge is -2.15. The van der Waals surface area contributed by atoms with Crippen molar-refractivity contribution >= 4 is 28.1 Å². The molecule has 1 aromatic rings. The molecule has 0 aromatic heterocycles. The molecular formula is C11H13NO3S2. The summed E-state index contributed by atoms with van der Waals surface area (Å²) in [6.45, 7) is 1.57. The lowest BCUT2D eigenvalue weighted by molar-refractivity contribution is -0.109. The van der Waals surface area contributed by atoms with Crippen molar-refractivity contribution in [1.82, 2.24) is 4.72 Å². The number of benzene rings is 1. The van der Waals surface area contributed by atoms with E-state index in [1.165, 1.54) is 11.8 Å². The van der Waals surface area contributed by atoms with Crippen molar-refractivity contribution in [3.63, 3.8) is 0 Å². The summed E-state index contributed by atoms with van der Waals surface area (Å²) in [4.78, 5) is 12.1. The molecule has 17 heavy (non-hydrogen) atoms. The molecule has 0 fully saturated rings. The van der Waals surface area contributed by atoms with E-state index in [0.717, 1.165) is 16.7 Å². The molecule has 0 spiro atoms. The van der Waals surface area contributed by atoms with E-state index in [2.05, 4.69) is 4.72 Å². The van der Waals surface area contributed by atoms with Crippen molar-refractivity contribution < 1.29 is 13.2 Å². The minimum atomic E-state index is -3.29. The summed E-state index contributed by atoms with van der Waals surface area (Å²) in [6.07, 6.45) is 0.807. The SMILES string of the molecule is CCS(=O)(=O)NC1Sc2ccccc2C1C=O. The fourth-order valence-corrected chi connectivity index (χ4v) is 4.17. The van der Waals surface area contributed by atoms with Gasteiger partial charge >= 0.3 is 0 Å². The van der Waals surface area contributed by atoms with Crippen LogP contribution in [0.1, 0.15) is 18.4 Å². The second-order valence-corrected chi connectivity index (χ2v) is 6.99. The summed E-state index contributed by atoms with van der Waals surface area (Å²) in [7, 11) is -3.29. The highest BCUT2D eigenvalue weighted by molar-refractivity contribution is 8.01. The van der Waals surface area contributed by atoms with E-state index in [1.54, 1.807) is 6.92 Å². The average molecular weight is 271 g/mol. The zero-order chi connectivity index (χ0) is 12.5. The molecule has 0 bridgehead atoms. The number of sulfonamides is 1. The van der Waals surface area contributed by atoms with Crippen LogP contribution in [0.5, 0.6) is 0 Å². The van der Waals surface area contributed by atoms with Gasteiger partial charge in [0.25, 0.3) is 0 Å². The third-order valence-electron chi connectivity index (χ3n) is 2.68. The van der Waals surface area contributed by atoms with Crippen molar-refractivity contribution in [1.29, 1.82) is 0 Å². The summed E-state index contributed by atoms with van der Waals surface area (Å²) >= 11 is 1.39. The molecule has 1 aliphatic rings. The van der Waals surface area contributed by atoms with Gasteiger partial charge in [0.1, 0.15) is 6.29 Å². The van der Waals surface area contributed by atoms with Gasteiger partial charge in [-0.25, -0.2) is 13.1 Å². The molecule has 2 rings (SSSR count). The van der Waals surface area contributed by atoms with Crippen LogP contribution in [-0.2, 0) is 14.8 Å². The molecule has 1 aromatic carbocycles. The Morgan fingerprint density at radius 3 is 2.76 bits per heavy atom. The Labute approximate surface area is 105 Å². The van der Waals surface area contributed by atoms with E-state index in [1.807, 2.05) is 24.3 Å². The van der Waals surface area contributed by atoms with Crippen molar-refractivity contribution in [2.45, 2.75) is 23.1 Å². The molecule has 2 atom stereocenters. The van der Waals surface area contributed by atoms with Gasteiger partial charge in [0.05, 0.1) is 17.0 Å². The van der Waals surface area contributed by atoms with Gasteiger partial charge in [0.2, 0.25) is 10.0 Å². The fraction of sp³-hybridized carbons (Fsp3) is 0.364. The maximum absolute atomic E-state index is 11.5. The maximum Gasteiger partial charge on any atom is 0.212 e. The highest BCUT2D eigenvalue weighted by atomic mass is 32.2. The van der Waals surface area contributed by atoms with Crippen LogP contribution >= 0.6 is 11.8 Å². The molecule has 1 heterocycles. The van der Waals surface area contributed by atoms with E-state index in [-0.39, 0.29) is 5.75 Å². The Hall–Kier alpha value is -0.850. The molecule has 6 heteroatoms.